The van der Waals surface area contributed by atoms with Crippen LogP contribution in [0.5, 0.6) is 0 Å². The van der Waals surface area contributed by atoms with E-state index in [0.29, 0.717) is 0 Å². The molecule has 0 spiro atoms. The number of nitrogens with zero attached hydrogens (tertiary/aromatic N) is 1. The summed E-state index contributed by atoms with van der Waals surface area (Å²) in [5, 5.41) is -0.254. The van der Waals surface area contributed by atoms with Gasteiger partial charge in [0.25, 0.3) is 0 Å². The van der Waals surface area contributed by atoms with Crippen molar-refractivity contribution >= 4 is 17.6 Å². The molecule has 0 saturated carbocycles. The maximum Gasteiger partial charge on any atom is 0.340 e. The monoisotopic (exact) mass is 283 g/mol. The first-order valence-electron chi connectivity index (χ1n) is 5.23. The lowest BCUT2D eigenvalue weighted by Gasteiger charge is -2.08. The van der Waals surface area contributed by atoms with E-state index in [1.165, 1.54) is 24.4 Å². The van der Waals surface area contributed by atoms with Crippen LogP contribution in [0, 0.1) is 11.6 Å². The highest BCUT2D eigenvalue weighted by molar-refractivity contribution is 6.33. The third kappa shape index (κ3) is 2.42. The number of rotatable bonds is 2. The van der Waals surface area contributed by atoms with Gasteiger partial charge < -0.3 is 4.74 Å². The summed E-state index contributed by atoms with van der Waals surface area (Å²) in [5.41, 5.74) is -0.412. The fourth-order valence-corrected chi connectivity index (χ4v) is 1.80. The summed E-state index contributed by atoms with van der Waals surface area (Å²) in [6.45, 7) is 0. The van der Waals surface area contributed by atoms with E-state index in [-0.39, 0.29) is 21.8 Å². The van der Waals surface area contributed by atoms with Crippen molar-refractivity contribution < 1.29 is 18.3 Å². The molecule has 2 aromatic rings. The molecule has 2 rings (SSSR count). The van der Waals surface area contributed by atoms with Gasteiger partial charge in [0.15, 0.2) is 5.82 Å². The van der Waals surface area contributed by atoms with Gasteiger partial charge in [-0.2, -0.15) is 0 Å². The van der Waals surface area contributed by atoms with E-state index in [0.717, 1.165) is 13.2 Å². The third-order valence-corrected chi connectivity index (χ3v) is 2.89. The number of methoxy groups -OCH3 is 1. The summed E-state index contributed by atoms with van der Waals surface area (Å²) < 4.78 is 32.0. The van der Waals surface area contributed by atoms with Crippen molar-refractivity contribution in [1.29, 1.82) is 0 Å². The molecule has 0 aliphatic carbocycles. The van der Waals surface area contributed by atoms with Gasteiger partial charge in [-0.3, -0.25) is 4.98 Å². The Hall–Kier alpha value is -2.01. The van der Waals surface area contributed by atoms with Crippen molar-refractivity contribution in [3.8, 4) is 11.3 Å². The molecule has 0 saturated heterocycles. The number of carbonyl (C=O) groups is 1. The van der Waals surface area contributed by atoms with Gasteiger partial charge in [0.2, 0.25) is 0 Å². The average Bonchev–Trinajstić information content (AvgIpc) is 2.42. The van der Waals surface area contributed by atoms with Gasteiger partial charge in [-0.15, -0.1) is 0 Å². The van der Waals surface area contributed by atoms with E-state index in [1.54, 1.807) is 0 Å². The number of aromatic nitrogens is 1. The predicted molar refractivity (Wildman–Crippen MR) is 65.9 cm³/mol. The second-order valence-corrected chi connectivity index (χ2v) is 3.99. The van der Waals surface area contributed by atoms with E-state index in [4.69, 9.17) is 11.6 Å². The van der Waals surface area contributed by atoms with Crippen molar-refractivity contribution in [2.75, 3.05) is 7.11 Å². The Kier molecular flexibility index (Phi) is 3.76. The number of ether oxygens (including phenoxy) is 1. The zero-order chi connectivity index (χ0) is 14.0. The molecule has 1 aromatic heterocycles. The predicted octanol–water partition coefficient (Wildman–Crippen LogP) is 3.47. The number of benzene rings is 1. The molecule has 98 valence electrons. The first kappa shape index (κ1) is 13.4. The van der Waals surface area contributed by atoms with E-state index < -0.39 is 17.6 Å². The summed E-state index contributed by atoms with van der Waals surface area (Å²) in [5.74, 6) is -2.43. The van der Waals surface area contributed by atoms with Crippen molar-refractivity contribution in [2.24, 2.45) is 0 Å². The van der Waals surface area contributed by atoms with E-state index in [2.05, 4.69) is 9.72 Å². The Morgan fingerprint density at radius 2 is 2.05 bits per heavy atom. The Balaban J connectivity index is 2.64. The van der Waals surface area contributed by atoms with Crippen LogP contribution in [0.15, 0.2) is 30.5 Å². The zero-order valence-electron chi connectivity index (χ0n) is 9.78. The highest BCUT2D eigenvalue weighted by atomic mass is 35.5. The summed E-state index contributed by atoms with van der Waals surface area (Å²) in [6.07, 6.45) is 1.23. The van der Waals surface area contributed by atoms with Crippen LogP contribution < -0.4 is 0 Å². The highest BCUT2D eigenvalue weighted by Crippen LogP contribution is 2.31. The molecule has 1 heterocycles. The highest BCUT2D eigenvalue weighted by Gasteiger charge is 2.20. The number of hydrogen-bond donors (Lipinski definition) is 0. The number of hydrogen-bond acceptors (Lipinski definition) is 3. The lowest BCUT2D eigenvalue weighted by Crippen LogP contribution is -2.06. The van der Waals surface area contributed by atoms with Crippen LogP contribution in [-0.2, 0) is 4.74 Å². The van der Waals surface area contributed by atoms with Gasteiger partial charge in [0.05, 0.1) is 17.7 Å². The Bertz CT molecular complexity index is 647. The molecule has 1 aromatic carbocycles. The largest absolute Gasteiger partial charge is 0.465 e. The maximum atomic E-state index is 14.2. The molecule has 0 aliphatic heterocycles. The molecular weight excluding hydrogens is 276 g/mol. The Morgan fingerprint density at radius 1 is 1.32 bits per heavy atom. The van der Waals surface area contributed by atoms with Crippen molar-refractivity contribution in [3.63, 3.8) is 0 Å². The number of carbonyl (C=O) groups excluding carboxylic acids is 1. The Morgan fingerprint density at radius 3 is 2.74 bits per heavy atom. The van der Waals surface area contributed by atoms with Crippen LogP contribution >= 0.6 is 11.6 Å². The second kappa shape index (κ2) is 5.32. The van der Waals surface area contributed by atoms with Gasteiger partial charge in [0, 0.05) is 11.8 Å². The first-order valence-corrected chi connectivity index (χ1v) is 5.61. The molecule has 3 nitrogen and oxygen atoms in total. The van der Waals surface area contributed by atoms with Gasteiger partial charge in [-0.25, -0.2) is 13.6 Å². The first-order chi connectivity index (χ1) is 9.06. The quantitative estimate of drug-likeness (QED) is 0.792. The van der Waals surface area contributed by atoms with Crippen LogP contribution in [0.3, 0.4) is 0 Å². The molecule has 0 aliphatic rings. The van der Waals surface area contributed by atoms with Crippen LogP contribution in [0.1, 0.15) is 10.4 Å². The molecule has 0 radical (unpaired) electrons. The smallest absolute Gasteiger partial charge is 0.340 e. The summed E-state index contributed by atoms with van der Waals surface area (Å²) in [6, 6.07) is 5.12. The van der Waals surface area contributed by atoms with Crippen LogP contribution in [-0.4, -0.2) is 18.1 Å². The van der Waals surface area contributed by atoms with Gasteiger partial charge in [0.1, 0.15) is 11.5 Å². The number of esters is 1. The topological polar surface area (TPSA) is 39.2 Å². The maximum absolute atomic E-state index is 14.2. The van der Waals surface area contributed by atoms with Crippen LogP contribution in [0.4, 0.5) is 8.78 Å². The number of halogens is 3. The van der Waals surface area contributed by atoms with Crippen molar-refractivity contribution in [3.05, 3.63) is 52.7 Å². The molecule has 0 fully saturated rings. The van der Waals surface area contributed by atoms with Gasteiger partial charge in [-0.1, -0.05) is 23.7 Å². The average molecular weight is 284 g/mol. The standard InChI is InChI=1S/C13H8ClF2NO2/c1-19-13(18)8-5-6-17-12(11(8)16)7-3-2-4-9(15)10(7)14/h2-6H,1H3. The fourth-order valence-electron chi connectivity index (χ4n) is 1.59. The normalized spacial score (nSPS) is 10.3. The van der Waals surface area contributed by atoms with Crippen LogP contribution in [0.25, 0.3) is 11.3 Å². The lowest BCUT2D eigenvalue weighted by atomic mass is 10.1. The zero-order valence-corrected chi connectivity index (χ0v) is 10.5. The summed E-state index contributed by atoms with van der Waals surface area (Å²) in [7, 11) is 1.14. The summed E-state index contributed by atoms with van der Waals surface area (Å²) in [4.78, 5) is 15.2. The van der Waals surface area contributed by atoms with E-state index >= 15 is 0 Å². The SMILES string of the molecule is COC(=O)c1ccnc(-c2cccc(F)c2Cl)c1F. The number of pyridine rings is 1. The van der Waals surface area contributed by atoms with Gasteiger partial charge in [-0.05, 0) is 12.1 Å². The Labute approximate surface area is 112 Å². The minimum absolute atomic E-state index is 0.0740. The van der Waals surface area contributed by atoms with E-state index in [9.17, 15) is 13.6 Å². The molecule has 6 heteroatoms. The molecule has 0 unspecified atom stereocenters. The minimum Gasteiger partial charge on any atom is -0.465 e. The minimum atomic E-state index is -0.901. The third-order valence-electron chi connectivity index (χ3n) is 2.50. The van der Waals surface area contributed by atoms with E-state index in [1.807, 2.05) is 0 Å². The second-order valence-electron chi connectivity index (χ2n) is 3.61. The van der Waals surface area contributed by atoms with Crippen molar-refractivity contribution in [1.82, 2.24) is 4.98 Å². The molecular formula is C13H8ClF2NO2. The lowest BCUT2D eigenvalue weighted by molar-refractivity contribution is 0.0595. The molecule has 19 heavy (non-hydrogen) atoms. The van der Waals surface area contributed by atoms with Crippen LogP contribution in [0.2, 0.25) is 5.02 Å². The molecule has 0 atom stereocenters. The summed E-state index contributed by atoms with van der Waals surface area (Å²) >= 11 is 5.77. The van der Waals surface area contributed by atoms with Gasteiger partial charge >= 0.3 is 5.97 Å². The molecule has 0 N–H and O–H groups in total. The molecule has 0 amide bonds. The fraction of sp³-hybridized carbons (Fsp3) is 0.0769. The van der Waals surface area contributed by atoms with Crippen molar-refractivity contribution in [2.45, 2.75) is 0 Å². The molecule has 0 bridgehead atoms.